The molecule has 8 N–H and O–H groups in total. The zero-order chi connectivity index (χ0) is 20.2. The maximum atomic E-state index is 9.83. The molecule has 8 aliphatic rings. The van der Waals surface area contributed by atoms with Crippen molar-refractivity contribution in [2.24, 2.45) is 0 Å². The number of hydrogen-bond acceptors (Lipinski definition) is 14. The number of aliphatic hydroxyl groups excluding tert-OH is 6. The number of aliphatic hydroxyl groups is 6. The maximum Gasteiger partial charge on any atom is 1.00 e. The molecule has 6 saturated heterocycles. The molecule has 0 spiro atoms. The second-order valence-electron chi connectivity index (χ2n) is 7.76. The SMILES string of the molecule is OC1C(O)C(O)C(O)C(O)C1O.O[B-]12OC3C4O[B-]5(O)OC3C(O1)C(O5)C4O2.[Na+].[Na+]. The van der Waals surface area contributed by atoms with Gasteiger partial charge >= 0.3 is 73.0 Å². The molecule has 0 unspecified atom stereocenters. The van der Waals surface area contributed by atoms with Crippen molar-refractivity contribution in [3.8, 4) is 0 Å². The Kier molecular flexibility index (Phi) is 7.55. The van der Waals surface area contributed by atoms with Crippen LogP contribution in [-0.4, -0.2) is 128 Å². The summed E-state index contributed by atoms with van der Waals surface area (Å²) >= 11 is 0. The van der Waals surface area contributed by atoms with Crippen LogP contribution in [0.5, 0.6) is 0 Å². The molecule has 30 heavy (non-hydrogen) atoms. The summed E-state index contributed by atoms with van der Waals surface area (Å²) in [6.07, 6.45) is -12.6. The van der Waals surface area contributed by atoms with Crippen LogP contribution < -0.4 is 59.1 Å². The predicted octanol–water partition coefficient (Wildman–Crippen LogP) is -12.6. The molecular formula is C12H20B2Na2O14. The molecule has 2 aliphatic carbocycles. The van der Waals surface area contributed by atoms with Gasteiger partial charge in [0.15, 0.2) is 0 Å². The fourth-order valence-corrected chi connectivity index (χ4v) is 4.65. The first kappa shape index (κ1) is 26.2. The molecule has 160 valence electrons. The van der Waals surface area contributed by atoms with Gasteiger partial charge in [-0.25, -0.2) is 0 Å². The van der Waals surface area contributed by atoms with Crippen molar-refractivity contribution in [2.45, 2.75) is 73.2 Å². The van der Waals surface area contributed by atoms with Gasteiger partial charge in [-0.05, 0) is 0 Å². The van der Waals surface area contributed by atoms with Gasteiger partial charge in [0.25, 0.3) is 0 Å². The molecule has 0 atom stereocenters. The van der Waals surface area contributed by atoms with Gasteiger partial charge in [0.2, 0.25) is 0 Å². The van der Waals surface area contributed by atoms with E-state index in [4.69, 9.17) is 58.6 Å². The summed E-state index contributed by atoms with van der Waals surface area (Å²) in [4.78, 5) is 0. The van der Waals surface area contributed by atoms with Crippen molar-refractivity contribution in [1.82, 2.24) is 0 Å². The van der Waals surface area contributed by atoms with Crippen molar-refractivity contribution in [2.75, 3.05) is 0 Å². The number of rotatable bonds is 0. The van der Waals surface area contributed by atoms with Gasteiger partial charge in [-0.2, -0.15) is 0 Å². The first-order valence-corrected chi connectivity index (χ1v) is 8.89. The summed E-state index contributed by atoms with van der Waals surface area (Å²) in [5.74, 6) is 0. The van der Waals surface area contributed by atoms with Crippen LogP contribution in [0.2, 0.25) is 0 Å². The average molecular weight is 456 g/mol. The molecular weight excluding hydrogens is 436 g/mol. The monoisotopic (exact) mass is 456 g/mol. The zero-order valence-electron chi connectivity index (χ0n) is 16.1. The Balaban J connectivity index is 0.000000168. The first-order chi connectivity index (χ1) is 13.0. The van der Waals surface area contributed by atoms with E-state index in [2.05, 4.69) is 0 Å². The molecule has 0 aromatic heterocycles. The maximum absolute atomic E-state index is 9.83. The summed E-state index contributed by atoms with van der Waals surface area (Å²) in [5.41, 5.74) is 0. The van der Waals surface area contributed by atoms with Crippen LogP contribution in [0, 0.1) is 0 Å². The molecule has 6 heterocycles. The molecule has 8 fully saturated rings. The summed E-state index contributed by atoms with van der Waals surface area (Å²) in [5, 5.41) is 73.5. The van der Waals surface area contributed by atoms with E-state index >= 15 is 0 Å². The fourth-order valence-electron chi connectivity index (χ4n) is 4.65. The van der Waals surface area contributed by atoms with Gasteiger partial charge in [-0.3, -0.25) is 0 Å². The minimum atomic E-state index is -2.70. The zero-order valence-corrected chi connectivity index (χ0v) is 20.1. The van der Waals surface area contributed by atoms with E-state index in [0.717, 1.165) is 0 Å². The Labute approximate surface area is 213 Å². The van der Waals surface area contributed by atoms with Gasteiger partial charge in [0.05, 0.1) is 36.6 Å². The minimum Gasteiger partial charge on any atom is -0.533 e. The molecule has 0 amide bonds. The predicted molar refractivity (Wildman–Crippen MR) is 81.2 cm³/mol. The van der Waals surface area contributed by atoms with Gasteiger partial charge in [-0.15, -0.1) is 0 Å². The third-order valence-corrected chi connectivity index (χ3v) is 6.02. The van der Waals surface area contributed by atoms with E-state index in [9.17, 15) is 10.0 Å². The fraction of sp³-hybridized carbons (Fsp3) is 1.00. The quantitative estimate of drug-likeness (QED) is 0.159. The van der Waals surface area contributed by atoms with E-state index in [1.807, 2.05) is 0 Å². The minimum absolute atomic E-state index is 0. The smallest absolute Gasteiger partial charge is 0.533 e. The molecule has 0 radical (unpaired) electrons. The van der Waals surface area contributed by atoms with Gasteiger partial charge < -0.3 is 68.6 Å². The van der Waals surface area contributed by atoms with Crippen LogP contribution in [0.1, 0.15) is 0 Å². The Morgan fingerprint density at radius 2 is 0.500 bits per heavy atom. The Hall–Kier alpha value is 1.57. The van der Waals surface area contributed by atoms with Crippen LogP contribution in [0.15, 0.2) is 0 Å². The van der Waals surface area contributed by atoms with Gasteiger partial charge in [-0.1, -0.05) is 0 Å². The average Bonchev–Trinajstić information content (AvgIpc) is 2.66. The molecule has 6 aliphatic heterocycles. The van der Waals surface area contributed by atoms with Crippen molar-refractivity contribution in [3.05, 3.63) is 0 Å². The molecule has 2 saturated carbocycles. The Morgan fingerprint density at radius 3 is 0.633 bits per heavy atom. The summed E-state index contributed by atoms with van der Waals surface area (Å²) in [6.45, 7) is -5.40. The van der Waals surface area contributed by atoms with Crippen LogP contribution in [0.25, 0.3) is 0 Å². The second kappa shape index (κ2) is 8.66. The topological polar surface area (TPSA) is 217 Å². The number of hydrogen-bond donors (Lipinski definition) is 8. The third-order valence-electron chi connectivity index (χ3n) is 6.02. The van der Waals surface area contributed by atoms with E-state index < -0.39 is 87.2 Å². The van der Waals surface area contributed by atoms with Crippen LogP contribution in [0.3, 0.4) is 0 Å². The molecule has 18 heteroatoms. The summed E-state index contributed by atoms with van der Waals surface area (Å²) < 4.78 is 31.6. The Bertz CT molecular complexity index is 505. The summed E-state index contributed by atoms with van der Waals surface area (Å²) in [7, 11) is 0. The van der Waals surface area contributed by atoms with Crippen molar-refractivity contribution in [3.63, 3.8) is 0 Å². The largest absolute Gasteiger partial charge is 1.00 e. The molecule has 0 aromatic rings. The first-order valence-electron chi connectivity index (χ1n) is 8.89. The van der Waals surface area contributed by atoms with Crippen LogP contribution in [-0.2, 0) is 27.9 Å². The molecule has 8 rings (SSSR count). The van der Waals surface area contributed by atoms with Crippen molar-refractivity contribution < 1.29 is 128 Å². The molecule has 8 bridgehead atoms. The van der Waals surface area contributed by atoms with Crippen LogP contribution >= 0.6 is 0 Å². The normalized spacial score (nSPS) is 61.6. The standard InChI is InChI=1S/C6H8B2O8.C6H12O6.2Na/c9-7-11-1-2-4(14-7)6-5(15-7)3(1)13-8(10,12-2)16-6;7-1-2(8)4(10)6(12)5(11)3(1)9;;/h1-6,9-10H;1-12H;;/q-2;;2*+1. The second-order valence-corrected chi connectivity index (χ2v) is 7.76. The third kappa shape index (κ3) is 3.81. The Morgan fingerprint density at radius 1 is 0.367 bits per heavy atom. The molecule has 14 nitrogen and oxygen atoms in total. The van der Waals surface area contributed by atoms with E-state index in [1.54, 1.807) is 0 Å². The van der Waals surface area contributed by atoms with Crippen molar-refractivity contribution >= 4 is 13.9 Å². The van der Waals surface area contributed by atoms with E-state index in [1.165, 1.54) is 0 Å². The van der Waals surface area contributed by atoms with Gasteiger partial charge in [0.1, 0.15) is 36.6 Å². The summed E-state index contributed by atoms with van der Waals surface area (Å²) in [6, 6.07) is 0. The van der Waals surface area contributed by atoms with E-state index in [-0.39, 0.29) is 59.1 Å². The van der Waals surface area contributed by atoms with Gasteiger partial charge in [0, 0.05) is 0 Å². The molecule has 0 aromatic carbocycles. The van der Waals surface area contributed by atoms with E-state index in [0.29, 0.717) is 0 Å². The van der Waals surface area contributed by atoms with Crippen molar-refractivity contribution in [1.29, 1.82) is 0 Å². The van der Waals surface area contributed by atoms with Crippen LogP contribution in [0.4, 0.5) is 0 Å².